The van der Waals surface area contributed by atoms with Gasteiger partial charge in [-0.3, -0.25) is 9.59 Å². The fourth-order valence-electron chi connectivity index (χ4n) is 2.57. The normalized spacial score (nSPS) is 19.8. The molecule has 0 radical (unpaired) electrons. The summed E-state index contributed by atoms with van der Waals surface area (Å²) in [4.78, 5) is 42.0. The maximum Gasteiger partial charge on any atom is 0.336 e. The number of ether oxygens (including phenoxy) is 1. The monoisotopic (exact) mass is 367 g/mol. The maximum atomic E-state index is 12.4. The average molecular weight is 367 g/mol. The van der Waals surface area contributed by atoms with Gasteiger partial charge in [0.25, 0.3) is 5.91 Å². The van der Waals surface area contributed by atoms with Crippen LogP contribution in [0.2, 0.25) is 0 Å². The fraction of sp³-hybridized carbons (Fsp3) is 0.625. The minimum atomic E-state index is -1.19. The highest BCUT2D eigenvalue weighted by atomic mass is 16.6. The van der Waals surface area contributed by atoms with Crippen LogP contribution >= 0.6 is 0 Å². The molecular formula is C16H25N5O5. The Morgan fingerprint density at radius 2 is 2.12 bits per heavy atom. The number of nitrogens with two attached hydrogens (primary N) is 1. The number of aromatic nitrogens is 2. The number of aryl methyl sites for hydroxylation is 1. The van der Waals surface area contributed by atoms with E-state index in [4.69, 9.17) is 15.6 Å². The molecule has 2 heterocycles. The fourth-order valence-corrected chi connectivity index (χ4v) is 2.57. The number of carbonyl (C=O) groups is 3. The number of nitrogen functional groups attached to an aromatic ring is 1. The van der Waals surface area contributed by atoms with Gasteiger partial charge < -0.3 is 31.2 Å². The molecule has 0 bridgehead atoms. The lowest BCUT2D eigenvalue weighted by Crippen LogP contribution is -2.49. The lowest BCUT2D eigenvalue weighted by molar-refractivity contribution is -0.138. The van der Waals surface area contributed by atoms with Gasteiger partial charge in [-0.25, -0.2) is 9.78 Å². The molecule has 0 saturated carbocycles. The summed E-state index contributed by atoms with van der Waals surface area (Å²) in [7, 11) is 0. The minimum Gasteiger partial charge on any atom is -0.479 e. The zero-order valence-corrected chi connectivity index (χ0v) is 14.8. The molecule has 1 saturated heterocycles. The molecule has 10 heteroatoms. The topological polar surface area (TPSA) is 163 Å². The number of anilines is 1. The van der Waals surface area contributed by atoms with Crippen molar-refractivity contribution in [3.63, 3.8) is 0 Å². The second-order valence-electron chi connectivity index (χ2n) is 6.69. The average Bonchev–Trinajstić information content (AvgIpc) is 3.27. The van der Waals surface area contributed by atoms with Crippen LogP contribution in [0.3, 0.4) is 0 Å². The van der Waals surface area contributed by atoms with Crippen molar-refractivity contribution in [3.05, 3.63) is 11.9 Å². The summed E-state index contributed by atoms with van der Waals surface area (Å²) in [5.74, 6) is -1.54. The zero-order chi connectivity index (χ0) is 19.3. The van der Waals surface area contributed by atoms with Gasteiger partial charge in [0, 0.05) is 12.2 Å². The summed E-state index contributed by atoms with van der Waals surface area (Å²) < 4.78 is 4.81. The van der Waals surface area contributed by atoms with Gasteiger partial charge in [-0.1, -0.05) is 13.8 Å². The summed E-state index contributed by atoms with van der Waals surface area (Å²) >= 11 is 0. The molecule has 10 nitrogen and oxygen atoms in total. The van der Waals surface area contributed by atoms with E-state index < -0.39 is 30.1 Å². The van der Waals surface area contributed by atoms with Gasteiger partial charge in [0.1, 0.15) is 6.04 Å². The van der Waals surface area contributed by atoms with Crippen molar-refractivity contribution >= 4 is 23.7 Å². The Labute approximate surface area is 150 Å². The number of amides is 2. The first-order valence-corrected chi connectivity index (χ1v) is 8.53. The molecule has 144 valence electrons. The Balaban J connectivity index is 1.78. The second kappa shape index (κ2) is 8.65. The van der Waals surface area contributed by atoms with Gasteiger partial charge in [0.15, 0.2) is 18.2 Å². The first-order chi connectivity index (χ1) is 12.3. The third-order valence-corrected chi connectivity index (χ3v) is 3.90. The van der Waals surface area contributed by atoms with Gasteiger partial charge >= 0.3 is 5.97 Å². The molecule has 1 aromatic heterocycles. The molecule has 1 fully saturated rings. The number of H-pyrrole nitrogens is 1. The number of epoxide rings is 1. The van der Waals surface area contributed by atoms with Crippen molar-refractivity contribution in [1.82, 2.24) is 20.6 Å². The number of aromatic amines is 1. The number of carbonyl (C=O) groups excluding carboxylic acids is 2. The maximum absolute atomic E-state index is 12.4. The third kappa shape index (κ3) is 5.73. The van der Waals surface area contributed by atoms with E-state index in [1.165, 1.54) is 0 Å². The van der Waals surface area contributed by atoms with Gasteiger partial charge in [0.2, 0.25) is 5.91 Å². The molecule has 1 aromatic rings. The van der Waals surface area contributed by atoms with Crippen LogP contribution in [0.5, 0.6) is 0 Å². The Morgan fingerprint density at radius 3 is 2.65 bits per heavy atom. The van der Waals surface area contributed by atoms with Crippen molar-refractivity contribution in [2.75, 3.05) is 12.3 Å². The van der Waals surface area contributed by atoms with Crippen LogP contribution in [0.15, 0.2) is 6.20 Å². The lowest BCUT2D eigenvalue weighted by atomic mass is 10.0. The quantitative estimate of drug-likeness (QED) is 0.273. The zero-order valence-electron chi connectivity index (χ0n) is 14.8. The highest BCUT2D eigenvalue weighted by molar-refractivity contribution is 5.95. The Kier molecular flexibility index (Phi) is 6.56. The van der Waals surface area contributed by atoms with Gasteiger partial charge in [0.05, 0.1) is 6.20 Å². The van der Waals surface area contributed by atoms with Crippen LogP contribution in [0.25, 0.3) is 0 Å². The Hall–Kier alpha value is -2.62. The Morgan fingerprint density at radius 1 is 1.38 bits per heavy atom. The van der Waals surface area contributed by atoms with Crippen LogP contribution in [-0.4, -0.2) is 57.7 Å². The molecule has 26 heavy (non-hydrogen) atoms. The molecule has 0 aliphatic carbocycles. The molecule has 6 N–H and O–H groups in total. The first kappa shape index (κ1) is 19.7. The smallest absolute Gasteiger partial charge is 0.336 e. The van der Waals surface area contributed by atoms with E-state index in [1.807, 2.05) is 13.8 Å². The molecule has 0 aromatic carbocycles. The first-order valence-electron chi connectivity index (χ1n) is 8.53. The number of nitrogens with zero attached hydrogens (tertiary/aromatic N) is 1. The molecule has 3 atom stereocenters. The van der Waals surface area contributed by atoms with Crippen LogP contribution in [0.4, 0.5) is 5.95 Å². The van der Waals surface area contributed by atoms with Crippen molar-refractivity contribution in [2.24, 2.45) is 5.92 Å². The SMILES string of the molecule is CC(C)CC(NC(=O)[C@H]1O[C@@H]1C(=O)O)C(=O)NCCCc1cnc(N)[nH]1. The number of aliphatic carboxylic acids is 1. The molecule has 0 spiro atoms. The highest BCUT2D eigenvalue weighted by Gasteiger charge is 2.51. The van der Waals surface area contributed by atoms with Gasteiger partial charge in [-0.15, -0.1) is 0 Å². The number of imidazole rings is 1. The van der Waals surface area contributed by atoms with Crippen LogP contribution in [0.1, 0.15) is 32.4 Å². The number of rotatable bonds is 10. The minimum absolute atomic E-state index is 0.175. The number of nitrogens with one attached hydrogen (secondary N) is 3. The molecular weight excluding hydrogens is 342 g/mol. The van der Waals surface area contributed by atoms with Crippen LogP contribution in [0, 0.1) is 5.92 Å². The number of hydrogen-bond donors (Lipinski definition) is 5. The van der Waals surface area contributed by atoms with Crippen LogP contribution < -0.4 is 16.4 Å². The van der Waals surface area contributed by atoms with Crippen molar-refractivity contribution in [3.8, 4) is 0 Å². The molecule has 1 aliphatic rings. The van der Waals surface area contributed by atoms with E-state index in [-0.39, 0.29) is 11.8 Å². The highest BCUT2D eigenvalue weighted by Crippen LogP contribution is 2.22. The molecule has 2 rings (SSSR count). The van der Waals surface area contributed by atoms with E-state index in [0.29, 0.717) is 31.8 Å². The largest absolute Gasteiger partial charge is 0.479 e. The number of carboxylic acids is 1. The predicted octanol–water partition coefficient (Wildman–Crippen LogP) is -0.576. The third-order valence-electron chi connectivity index (χ3n) is 3.90. The summed E-state index contributed by atoms with van der Waals surface area (Å²) in [5.41, 5.74) is 6.38. The van der Waals surface area contributed by atoms with Crippen molar-refractivity contribution < 1.29 is 24.2 Å². The molecule has 1 aliphatic heterocycles. The van der Waals surface area contributed by atoms with Gasteiger partial charge in [-0.05, 0) is 25.2 Å². The molecule has 2 amide bonds. The van der Waals surface area contributed by atoms with Crippen LogP contribution in [-0.2, 0) is 25.5 Å². The Bertz CT molecular complexity index is 659. The van der Waals surface area contributed by atoms with Crippen molar-refractivity contribution in [1.29, 1.82) is 0 Å². The summed E-state index contributed by atoms with van der Waals surface area (Å²) in [5, 5.41) is 14.2. The standard InChI is InChI=1S/C16H25N5O5/c1-8(2)6-10(21-14(23)11-12(26-11)15(24)25)13(22)18-5-3-4-9-7-19-16(17)20-9/h7-8,10-12H,3-6H2,1-2H3,(H,18,22)(H,21,23)(H,24,25)(H3,17,19,20)/t10?,11-,12-/m0/s1. The summed E-state index contributed by atoms with van der Waals surface area (Å²) in [6.07, 6.45) is 1.30. The summed E-state index contributed by atoms with van der Waals surface area (Å²) in [6, 6.07) is -0.732. The van der Waals surface area contributed by atoms with E-state index in [1.54, 1.807) is 6.20 Å². The predicted molar refractivity (Wildman–Crippen MR) is 92.0 cm³/mol. The number of hydrogen-bond acceptors (Lipinski definition) is 6. The van der Waals surface area contributed by atoms with Crippen molar-refractivity contribution in [2.45, 2.75) is 51.4 Å². The lowest BCUT2D eigenvalue weighted by Gasteiger charge is -2.19. The molecule has 1 unspecified atom stereocenters. The second-order valence-corrected chi connectivity index (χ2v) is 6.69. The number of carboxylic acid groups (broad SMARTS) is 1. The van der Waals surface area contributed by atoms with E-state index in [0.717, 1.165) is 5.69 Å². The van der Waals surface area contributed by atoms with E-state index in [2.05, 4.69) is 20.6 Å². The van der Waals surface area contributed by atoms with Gasteiger partial charge in [-0.2, -0.15) is 0 Å². The summed E-state index contributed by atoms with van der Waals surface area (Å²) in [6.45, 7) is 4.30. The van der Waals surface area contributed by atoms with E-state index in [9.17, 15) is 14.4 Å². The van der Waals surface area contributed by atoms with E-state index >= 15 is 0 Å².